The molecule has 0 aliphatic heterocycles. The fourth-order valence-electron chi connectivity index (χ4n) is 3.52. The highest BCUT2D eigenvalue weighted by Gasteiger charge is 2.15. The zero-order valence-corrected chi connectivity index (χ0v) is 12.6. The molecule has 0 radical (unpaired) electrons. The Morgan fingerprint density at radius 3 is 2.21 bits per heavy atom. The quantitative estimate of drug-likeness (QED) is 0.450. The third-order valence-corrected chi connectivity index (χ3v) is 4.59. The number of fused-ring (bicyclic) bond motifs is 6. The summed E-state index contributed by atoms with van der Waals surface area (Å²) >= 11 is 0. The number of nitriles is 1. The number of nitrogens with one attached hydrogen (secondary N) is 2. The number of hydrogen-bond acceptors (Lipinski definition) is 2. The van der Waals surface area contributed by atoms with Crippen molar-refractivity contribution >= 4 is 43.6 Å². The summed E-state index contributed by atoms with van der Waals surface area (Å²) in [5.74, 6) is 0. The highest BCUT2D eigenvalue weighted by atomic mass is 16.1. The lowest BCUT2D eigenvalue weighted by Gasteiger charge is -1.88. The van der Waals surface area contributed by atoms with E-state index in [4.69, 9.17) is 0 Å². The molecule has 0 aliphatic rings. The minimum Gasteiger partial charge on any atom is -0.354 e. The molecule has 5 aromatic rings. The second-order valence-electron chi connectivity index (χ2n) is 5.88. The molecule has 0 saturated heterocycles. The van der Waals surface area contributed by atoms with Crippen LogP contribution in [0.3, 0.4) is 0 Å². The first-order chi connectivity index (χ1) is 11.8. The first-order valence-electron chi connectivity index (χ1n) is 7.66. The standard InChI is InChI=1S/C20H11N3O/c21-10-14-19-13(11-5-1-3-7-15(11)23-19)9-17-18(20(14)24)12-6-2-4-8-16(12)22-17/h1-9,22-23H. The average molecular weight is 309 g/mol. The summed E-state index contributed by atoms with van der Waals surface area (Å²) < 4.78 is 0. The van der Waals surface area contributed by atoms with Gasteiger partial charge in [-0.05, 0) is 18.2 Å². The number of nitrogens with zero attached hydrogens (tertiary/aromatic N) is 1. The molecule has 112 valence electrons. The summed E-state index contributed by atoms with van der Waals surface area (Å²) in [4.78, 5) is 19.6. The Labute approximate surface area is 136 Å². The minimum atomic E-state index is -0.244. The predicted molar refractivity (Wildman–Crippen MR) is 96.2 cm³/mol. The van der Waals surface area contributed by atoms with Crippen molar-refractivity contribution < 1.29 is 0 Å². The van der Waals surface area contributed by atoms with Gasteiger partial charge in [0.15, 0.2) is 0 Å². The molecule has 4 heteroatoms. The zero-order valence-electron chi connectivity index (χ0n) is 12.6. The van der Waals surface area contributed by atoms with Crippen molar-refractivity contribution in [2.45, 2.75) is 0 Å². The van der Waals surface area contributed by atoms with Crippen molar-refractivity contribution in [3.8, 4) is 6.07 Å². The Morgan fingerprint density at radius 1 is 0.792 bits per heavy atom. The first kappa shape index (κ1) is 12.9. The van der Waals surface area contributed by atoms with Crippen LogP contribution in [0.4, 0.5) is 0 Å². The van der Waals surface area contributed by atoms with Crippen LogP contribution in [0.1, 0.15) is 5.56 Å². The van der Waals surface area contributed by atoms with E-state index in [1.54, 1.807) is 0 Å². The van der Waals surface area contributed by atoms with Gasteiger partial charge in [-0.3, -0.25) is 4.79 Å². The van der Waals surface area contributed by atoms with E-state index in [-0.39, 0.29) is 11.0 Å². The van der Waals surface area contributed by atoms with Crippen LogP contribution >= 0.6 is 0 Å². The summed E-state index contributed by atoms with van der Waals surface area (Å²) in [5.41, 5.74) is 3.06. The molecule has 24 heavy (non-hydrogen) atoms. The molecular formula is C20H11N3O. The van der Waals surface area contributed by atoms with Gasteiger partial charge in [0.25, 0.3) is 0 Å². The lowest BCUT2D eigenvalue weighted by Crippen LogP contribution is -2.02. The molecule has 0 unspecified atom stereocenters. The third kappa shape index (κ3) is 1.53. The van der Waals surface area contributed by atoms with Gasteiger partial charge < -0.3 is 9.97 Å². The summed E-state index contributed by atoms with van der Waals surface area (Å²) in [6.45, 7) is 0. The summed E-state index contributed by atoms with van der Waals surface area (Å²) in [6.07, 6.45) is 0. The molecule has 0 fully saturated rings. The van der Waals surface area contributed by atoms with Crippen LogP contribution in [0.25, 0.3) is 43.6 Å². The van der Waals surface area contributed by atoms with Gasteiger partial charge in [-0.25, -0.2) is 0 Å². The topological polar surface area (TPSA) is 72.4 Å². The second kappa shape index (κ2) is 4.46. The number of aromatic nitrogens is 2. The van der Waals surface area contributed by atoms with Crippen LogP contribution in [0, 0.1) is 11.3 Å². The molecule has 0 amide bonds. The maximum Gasteiger partial charge on any atom is 0.208 e. The van der Waals surface area contributed by atoms with Gasteiger partial charge in [-0.15, -0.1) is 0 Å². The summed E-state index contributed by atoms with van der Waals surface area (Å²) in [7, 11) is 0. The van der Waals surface area contributed by atoms with E-state index in [2.05, 4.69) is 16.0 Å². The van der Waals surface area contributed by atoms with E-state index in [1.165, 1.54) is 0 Å². The van der Waals surface area contributed by atoms with Gasteiger partial charge in [0.05, 0.1) is 16.4 Å². The van der Waals surface area contributed by atoms with Crippen molar-refractivity contribution in [2.75, 3.05) is 0 Å². The number of aromatic amines is 2. The molecule has 0 saturated carbocycles. The highest BCUT2D eigenvalue weighted by Crippen LogP contribution is 2.30. The largest absolute Gasteiger partial charge is 0.354 e. The van der Waals surface area contributed by atoms with E-state index in [1.807, 2.05) is 54.6 Å². The monoisotopic (exact) mass is 309 g/mol. The molecule has 0 atom stereocenters. The molecule has 3 aromatic carbocycles. The van der Waals surface area contributed by atoms with Gasteiger partial charge in [-0.1, -0.05) is 36.4 Å². The van der Waals surface area contributed by atoms with Crippen LogP contribution in [-0.4, -0.2) is 9.97 Å². The van der Waals surface area contributed by atoms with Crippen molar-refractivity contribution in [3.63, 3.8) is 0 Å². The van der Waals surface area contributed by atoms with Crippen molar-refractivity contribution in [2.24, 2.45) is 0 Å². The lowest BCUT2D eigenvalue weighted by atomic mass is 10.1. The number of hydrogen-bond donors (Lipinski definition) is 2. The first-order valence-corrected chi connectivity index (χ1v) is 7.66. The average Bonchev–Trinajstić information content (AvgIpc) is 3.11. The summed E-state index contributed by atoms with van der Waals surface area (Å²) in [6, 6.07) is 19.6. The Morgan fingerprint density at radius 2 is 1.46 bits per heavy atom. The number of para-hydroxylation sites is 2. The Bertz CT molecular complexity index is 1380. The minimum absolute atomic E-state index is 0.154. The number of rotatable bonds is 0. The molecule has 0 bridgehead atoms. The molecule has 0 spiro atoms. The van der Waals surface area contributed by atoms with E-state index in [0.29, 0.717) is 10.9 Å². The molecule has 2 aromatic heterocycles. The van der Waals surface area contributed by atoms with Crippen LogP contribution in [-0.2, 0) is 0 Å². The Balaban J connectivity index is 2.18. The van der Waals surface area contributed by atoms with Gasteiger partial charge in [0.2, 0.25) is 5.43 Å². The third-order valence-electron chi connectivity index (χ3n) is 4.59. The van der Waals surface area contributed by atoms with Crippen LogP contribution in [0.15, 0.2) is 59.4 Å². The highest BCUT2D eigenvalue weighted by molar-refractivity contribution is 6.15. The molecular weight excluding hydrogens is 298 g/mol. The predicted octanol–water partition coefficient (Wildman–Crippen LogP) is 4.19. The SMILES string of the molecule is N#Cc1c(=O)c2c(cc3c1[nH]c1ccccc13)[nH]c1ccccc12. The van der Waals surface area contributed by atoms with Gasteiger partial charge in [0, 0.05) is 27.2 Å². The van der Waals surface area contributed by atoms with Gasteiger partial charge >= 0.3 is 0 Å². The second-order valence-corrected chi connectivity index (χ2v) is 5.88. The molecule has 0 aliphatic carbocycles. The Kier molecular flexibility index (Phi) is 2.40. The van der Waals surface area contributed by atoms with E-state index < -0.39 is 0 Å². The van der Waals surface area contributed by atoms with E-state index >= 15 is 0 Å². The Hall–Kier alpha value is -3.58. The molecule has 2 heterocycles. The normalized spacial score (nSPS) is 11.5. The van der Waals surface area contributed by atoms with E-state index in [0.717, 1.165) is 32.7 Å². The van der Waals surface area contributed by atoms with E-state index in [9.17, 15) is 10.1 Å². The number of H-pyrrole nitrogens is 2. The molecule has 5 rings (SSSR count). The van der Waals surface area contributed by atoms with Crippen molar-refractivity contribution in [3.05, 3.63) is 70.4 Å². The van der Waals surface area contributed by atoms with Crippen LogP contribution in [0.5, 0.6) is 0 Å². The van der Waals surface area contributed by atoms with Crippen molar-refractivity contribution in [1.82, 2.24) is 9.97 Å². The van der Waals surface area contributed by atoms with Crippen molar-refractivity contribution in [1.29, 1.82) is 5.26 Å². The lowest BCUT2D eigenvalue weighted by molar-refractivity contribution is 1.46. The van der Waals surface area contributed by atoms with Gasteiger partial charge in [0.1, 0.15) is 11.6 Å². The summed E-state index contributed by atoms with van der Waals surface area (Å²) in [5, 5.41) is 12.9. The zero-order chi connectivity index (χ0) is 16.3. The number of benzene rings is 2. The molecule has 4 nitrogen and oxygen atoms in total. The van der Waals surface area contributed by atoms with Crippen LogP contribution in [0.2, 0.25) is 0 Å². The fraction of sp³-hybridized carbons (Fsp3) is 0. The maximum atomic E-state index is 13.1. The van der Waals surface area contributed by atoms with Crippen LogP contribution < -0.4 is 5.43 Å². The molecule has 2 N–H and O–H groups in total. The maximum absolute atomic E-state index is 13.1. The smallest absolute Gasteiger partial charge is 0.208 e. The van der Waals surface area contributed by atoms with Gasteiger partial charge in [-0.2, -0.15) is 5.26 Å². The fourth-order valence-corrected chi connectivity index (χ4v) is 3.52.